The zero-order chi connectivity index (χ0) is 37.7. The van der Waals surface area contributed by atoms with Crippen LogP contribution in [0.4, 0.5) is 0 Å². The lowest BCUT2D eigenvalue weighted by Gasteiger charge is -2.40. The van der Waals surface area contributed by atoms with Gasteiger partial charge in [0.15, 0.2) is 0 Å². The smallest absolute Gasteiger partial charge is 0.141 e. The van der Waals surface area contributed by atoms with Crippen LogP contribution in [0.2, 0.25) is 5.02 Å². The van der Waals surface area contributed by atoms with E-state index in [2.05, 4.69) is 43.1 Å². The zero-order valence-corrected chi connectivity index (χ0v) is 31.2. The van der Waals surface area contributed by atoms with Gasteiger partial charge in [-0.1, -0.05) is 54.9 Å². The van der Waals surface area contributed by atoms with Crippen LogP contribution in [0, 0.1) is 24.2 Å². The SMILES string of the molecule is Cc1ccccc1C1=CC=CC(COc2cc(OCc3cncc(C#N)c3)c(CN(C)CC(O)CO)cc2Cl)(OCCCN(C)CC(O)CO)C1C. The molecule has 0 saturated heterocycles. The second-order valence-electron chi connectivity index (χ2n) is 13.5. The number of likely N-dealkylation sites (N-methyl/N-ethyl adjacent to an activating group) is 2. The molecule has 4 rings (SSSR count). The molecule has 1 aliphatic rings. The van der Waals surface area contributed by atoms with E-state index in [1.165, 1.54) is 6.20 Å². The fourth-order valence-corrected chi connectivity index (χ4v) is 6.52. The van der Waals surface area contributed by atoms with Crippen molar-refractivity contribution < 1.29 is 34.6 Å². The van der Waals surface area contributed by atoms with Gasteiger partial charge in [0.2, 0.25) is 0 Å². The summed E-state index contributed by atoms with van der Waals surface area (Å²) in [5.74, 6) is 0.798. The molecule has 4 unspecified atom stereocenters. The number of rotatable bonds is 20. The molecule has 0 fully saturated rings. The van der Waals surface area contributed by atoms with Crippen molar-refractivity contribution in [3.63, 3.8) is 0 Å². The Morgan fingerprint density at radius 2 is 1.73 bits per heavy atom. The number of ether oxygens (including phenoxy) is 3. The quantitative estimate of drug-likeness (QED) is 0.123. The Morgan fingerprint density at radius 1 is 1.00 bits per heavy atom. The molecule has 280 valence electrons. The Bertz CT molecular complexity index is 1710. The predicted molar refractivity (Wildman–Crippen MR) is 201 cm³/mol. The van der Waals surface area contributed by atoms with E-state index >= 15 is 0 Å². The number of aryl methyl sites for hydroxylation is 1. The summed E-state index contributed by atoms with van der Waals surface area (Å²) in [6, 6.07) is 15.6. The van der Waals surface area contributed by atoms with Gasteiger partial charge in [-0.25, -0.2) is 0 Å². The topological polar surface area (TPSA) is 152 Å². The van der Waals surface area contributed by atoms with Gasteiger partial charge in [-0.3, -0.25) is 9.88 Å². The van der Waals surface area contributed by atoms with Crippen LogP contribution in [0.3, 0.4) is 0 Å². The average molecular weight is 735 g/mol. The lowest BCUT2D eigenvalue weighted by atomic mass is 9.76. The standard InChI is InChI=1S/C40H51ClN4O7/c1-28-9-5-6-10-35(28)36-11-7-12-40(29(36)2,52-14-8-13-44(3)22-33(48)24-46)27-51-39-17-38(50-26-31-15-30(18-42)19-43-20-31)32(16-37(39)41)21-45(4)23-34(49)25-47/h5-7,9-12,15-17,19-20,29,33-34,46-49H,8,13-14,21-27H2,1-4H3. The number of halogens is 1. The summed E-state index contributed by atoms with van der Waals surface area (Å²) >= 11 is 6.89. The number of hydrogen-bond donors (Lipinski definition) is 4. The van der Waals surface area contributed by atoms with Gasteiger partial charge in [0.1, 0.15) is 36.4 Å². The molecule has 52 heavy (non-hydrogen) atoms. The molecule has 12 heteroatoms. The van der Waals surface area contributed by atoms with Crippen LogP contribution in [-0.2, 0) is 17.9 Å². The van der Waals surface area contributed by atoms with E-state index in [1.807, 2.05) is 48.2 Å². The highest BCUT2D eigenvalue weighted by atomic mass is 35.5. The first kappa shape index (κ1) is 40.9. The number of aliphatic hydroxyl groups is 4. The van der Waals surface area contributed by atoms with Crippen LogP contribution in [0.1, 0.15) is 41.2 Å². The lowest BCUT2D eigenvalue weighted by Crippen LogP contribution is -2.45. The van der Waals surface area contributed by atoms with E-state index in [-0.39, 0.29) is 38.9 Å². The van der Waals surface area contributed by atoms with Gasteiger partial charge >= 0.3 is 0 Å². The summed E-state index contributed by atoms with van der Waals surface area (Å²) < 4.78 is 19.6. The minimum Gasteiger partial charge on any atom is -0.489 e. The Kier molecular flexibility index (Phi) is 15.6. The molecular weight excluding hydrogens is 684 g/mol. The molecule has 0 bridgehead atoms. The van der Waals surface area contributed by atoms with Gasteiger partial charge in [-0.05, 0) is 62.3 Å². The third-order valence-electron chi connectivity index (χ3n) is 9.16. The van der Waals surface area contributed by atoms with Gasteiger partial charge in [0, 0.05) is 68.3 Å². The largest absolute Gasteiger partial charge is 0.489 e. The molecule has 3 aromatic rings. The molecule has 4 atom stereocenters. The Morgan fingerprint density at radius 3 is 2.44 bits per heavy atom. The minimum atomic E-state index is -0.903. The summed E-state index contributed by atoms with van der Waals surface area (Å²) in [6.07, 6.45) is 8.28. The number of nitriles is 1. The van der Waals surface area contributed by atoms with Gasteiger partial charge in [0.25, 0.3) is 0 Å². The molecule has 11 nitrogen and oxygen atoms in total. The molecule has 0 spiro atoms. The van der Waals surface area contributed by atoms with Crippen LogP contribution < -0.4 is 9.47 Å². The number of aromatic nitrogens is 1. The van der Waals surface area contributed by atoms with Crippen molar-refractivity contribution >= 4 is 17.2 Å². The van der Waals surface area contributed by atoms with E-state index in [1.54, 1.807) is 24.4 Å². The van der Waals surface area contributed by atoms with Gasteiger partial charge in [-0.15, -0.1) is 0 Å². The van der Waals surface area contributed by atoms with E-state index in [9.17, 15) is 25.7 Å². The molecule has 0 radical (unpaired) electrons. The summed E-state index contributed by atoms with van der Waals surface area (Å²) in [4.78, 5) is 7.96. The third-order valence-corrected chi connectivity index (χ3v) is 9.45. The highest BCUT2D eigenvalue weighted by Crippen LogP contribution is 2.41. The normalized spacial score (nSPS) is 18.3. The van der Waals surface area contributed by atoms with Crippen molar-refractivity contribution in [2.45, 2.75) is 51.2 Å². The highest BCUT2D eigenvalue weighted by molar-refractivity contribution is 6.32. The van der Waals surface area contributed by atoms with Crippen LogP contribution in [0.5, 0.6) is 11.5 Å². The number of hydrogen-bond acceptors (Lipinski definition) is 11. The number of pyridine rings is 1. The summed E-state index contributed by atoms with van der Waals surface area (Å²) in [5.41, 5.74) is 4.43. The molecule has 1 heterocycles. The van der Waals surface area contributed by atoms with Crippen molar-refractivity contribution in [1.82, 2.24) is 14.8 Å². The molecule has 0 saturated carbocycles. The van der Waals surface area contributed by atoms with E-state index in [0.29, 0.717) is 60.3 Å². The molecule has 0 aliphatic heterocycles. The summed E-state index contributed by atoms with van der Waals surface area (Å²) in [7, 11) is 3.72. The zero-order valence-electron chi connectivity index (χ0n) is 30.4. The average Bonchev–Trinajstić information content (AvgIpc) is 3.13. The Balaban J connectivity index is 1.61. The molecular formula is C40H51ClN4O7. The van der Waals surface area contributed by atoms with E-state index in [4.69, 9.17) is 25.8 Å². The molecule has 4 N–H and O–H groups in total. The monoisotopic (exact) mass is 734 g/mol. The Labute approximate surface area is 312 Å². The molecule has 2 aromatic carbocycles. The van der Waals surface area contributed by atoms with Gasteiger partial charge in [0.05, 0.1) is 36.0 Å². The fraction of sp³-hybridized carbons (Fsp3) is 0.450. The number of allylic oxidation sites excluding steroid dienone is 2. The molecule has 1 aromatic heterocycles. The maximum Gasteiger partial charge on any atom is 0.141 e. The molecule has 0 amide bonds. The molecule has 1 aliphatic carbocycles. The van der Waals surface area contributed by atoms with Crippen molar-refractivity contribution in [2.24, 2.45) is 5.92 Å². The van der Waals surface area contributed by atoms with Crippen LogP contribution >= 0.6 is 11.6 Å². The van der Waals surface area contributed by atoms with Gasteiger partial charge in [-0.2, -0.15) is 5.26 Å². The predicted octanol–water partition coefficient (Wildman–Crippen LogP) is 4.38. The van der Waals surface area contributed by atoms with E-state index < -0.39 is 17.8 Å². The van der Waals surface area contributed by atoms with E-state index in [0.717, 1.165) is 22.3 Å². The third kappa shape index (κ3) is 11.3. The summed E-state index contributed by atoms with van der Waals surface area (Å²) in [5, 5.41) is 48.2. The van der Waals surface area contributed by atoms with Crippen LogP contribution in [-0.4, -0.2) is 113 Å². The van der Waals surface area contributed by atoms with Crippen molar-refractivity contribution in [2.75, 3.05) is 60.2 Å². The number of nitrogens with zero attached hydrogens (tertiary/aromatic N) is 4. The lowest BCUT2D eigenvalue weighted by molar-refractivity contribution is -0.0621. The van der Waals surface area contributed by atoms with Gasteiger partial charge < -0.3 is 39.5 Å². The minimum absolute atomic E-state index is 0.104. The second-order valence-corrected chi connectivity index (χ2v) is 13.9. The highest BCUT2D eigenvalue weighted by Gasteiger charge is 2.40. The second kappa shape index (κ2) is 19.9. The number of benzene rings is 2. The number of aliphatic hydroxyl groups excluding tert-OH is 4. The summed E-state index contributed by atoms with van der Waals surface area (Å²) in [6.45, 7) is 5.90. The van der Waals surface area contributed by atoms with Crippen LogP contribution in [0.25, 0.3) is 5.57 Å². The maximum atomic E-state index is 10.0. The fourth-order valence-electron chi connectivity index (χ4n) is 6.28. The van der Waals surface area contributed by atoms with Crippen molar-refractivity contribution in [3.05, 3.63) is 106 Å². The first-order valence-electron chi connectivity index (χ1n) is 17.4. The first-order chi connectivity index (χ1) is 25.0. The van der Waals surface area contributed by atoms with Crippen molar-refractivity contribution in [3.8, 4) is 17.6 Å². The maximum absolute atomic E-state index is 10.0. The Hall–Kier alpha value is -3.83. The first-order valence-corrected chi connectivity index (χ1v) is 17.8. The van der Waals surface area contributed by atoms with Crippen molar-refractivity contribution in [1.29, 1.82) is 5.26 Å². The van der Waals surface area contributed by atoms with Crippen LogP contribution in [0.15, 0.2) is 73.1 Å².